The number of carbonyl (C=O) groups excluding carboxylic acids is 2. The van der Waals surface area contributed by atoms with E-state index in [2.05, 4.69) is 15.9 Å². The van der Waals surface area contributed by atoms with Crippen LogP contribution in [0.3, 0.4) is 0 Å². The number of halogens is 2. The molecule has 7 heteroatoms. The first-order valence-electron chi connectivity index (χ1n) is 9.88. The number of amides is 2. The van der Waals surface area contributed by atoms with Gasteiger partial charge < -0.3 is 4.74 Å². The third-order valence-electron chi connectivity index (χ3n) is 5.06. The molecule has 0 saturated carbocycles. The highest BCUT2D eigenvalue weighted by molar-refractivity contribution is 9.10. The van der Waals surface area contributed by atoms with Crippen LogP contribution in [0.4, 0.5) is 4.79 Å². The molecule has 0 unspecified atom stereocenters. The van der Waals surface area contributed by atoms with Crippen LogP contribution in [0.2, 0.25) is 5.02 Å². The number of imide groups is 1. The lowest BCUT2D eigenvalue weighted by Gasteiger charge is -2.14. The van der Waals surface area contributed by atoms with Gasteiger partial charge in [0.05, 0.1) is 11.4 Å². The predicted molar refractivity (Wildman–Crippen MR) is 133 cm³/mol. The van der Waals surface area contributed by atoms with E-state index in [1.165, 1.54) is 4.90 Å². The third kappa shape index (κ3) is 5.09. The number of nitrogens with zero attached hydrogens (tertiary/aromatic N) is 1. The summed E-state index contributed by atoms with van der Waals surface area (Å²) in [7, 11) is 0. The molecule has 0 aromatic heterocycles. The van der Waals surface area contributed by atoms with E-state index in [9.17, 15) is 9.59 Å². The van der Waals surface area contributed by atoms with Crippen LogP contribution in [-0.2, 0) is 17.9 Å². The fourth-order valence-corrected chi connectivity index (χ4v) is 4.67. The van der Waals surface area contributed by atoms with E-state index in [4.69, 9.17) is 16.3 Å². The van der Waals surface area contributed by atoms with Gasteiger partial charge in [0.15, 0.2) is 0 Å². The second kappa shape index (κ2) is 9.94. The van der Waals surface area contributed by atoms with Crippen LogP contribution in [0.1, 0.15) is 22.3 Å². The van der Waals surface area contributed by atoms with Crippen molar-refractivity contribution in [2.75, 3.05) is 0 Å². The lowest BCUT2D eigenvalue weighted by atomic mass is 10.1. The molecule has 4 rings (SSSR count). The van der Waals surface area contributed by atoms with Gasteiger partial charge in [-0.2, -0.15) is 0 Å². The minimum Gasteiger partial charge on any atom is -0.488 e. The minimum atomic E-state index is -0.305. The zero-order valence-electron chi connectivity index (χ0n) is 17.2. The van der Waals surface area contributed by atoms with E-state index in [0.717, 1.165) is 32.9 Å². The molecule has 162 valence electrons. The Hall–Kier alpha value is -2.54. The number of thioether (sulfide) groups is 1. The van der Waals surface area contributed by atoms with E-state index in [1.807, 2.05) is 73.7 Å². The van der Waals surface area contributed by atoms with Crippen LogP contribution in [0.25, 0.3) is 6.08 Å². The molecule has 0 aliphatic carbocycles. The Morgan fingerprint density at radius 3 is 2.50 bits per heavy atom. The van der Waals surface area contributed by atoms with Gasteiger partial charge in [-0.15, -0.1) is 0 Å². The molecule has 0 N–H and O–H groups in total. The molecule has 1 aliphatic heterocycles. The Morgan fingerprint density at radius 2 is 1.75 bits per heavy atom. The van der Waals surface area contributed by atoms with E-state index in [-0.39, 0.29) is 24.3 Å². The highest BCUT2D eigenvalue weighted by Crippen LogP contribution is 2.36. The Kier molecular flexibility index (Phi) is 7.04. The van der Waals surface area contributed by atoms with Crippen molar-refractivity contribution in [2.45, 2.75) is 20.1 Å². The van der Waals surface area contributed by atoms with E-state index >= 15 is 0 Å². The highest BCUT2D eigenvalue weighted by Gasteiger charge is 2.35. The average molecular weight is 529 g/mol. The van der Waals surface area contributed by atoms with Crippen molar-refractivity contribution in [3.8, 4) is 5.75 Å². The average Bonchev–Trinajstić information content (AvgIpc) is 3.03. The molecule has 3 aromatic rings. The Morgan fingerprint density at radius 1 is 1.03 bits per heavy atom. The molecule has 0 bridgehead atoms. The van der Waals surface area contributed by atoms with Crippen LogP contribution in [0, 0.1) is 6.92 Å². The second-order valence-electron chi connectivity index (χ2n) is 7.26. The van der Waals surface area contributed by atoms with Crippen molar-refractivity contribution >= 4 is 56.5 Å². The number of carbonyl (C=O) groups is 2. The quantitative estimate of drug-likeness (QED) is 0.317. The lowest BCUT2D eigenvalue weighted by Crippen LogP contribution is -2.27. The van der Waals surface area contributed by atoms with E-state index in [1.54, 1.807) is 6.08 Å². The van der Waals surface area contributed by atoms with Crippen molar-refractivity contribution in [3.63, 3.8) is 0 Å². The Labute approximate surface area is 204 Å². The molecular weight excluding hydrogens is 510 g/mol. The van der Waals surface area contributed by atoms with Crippen LogP contribution in [0.5, 0.6) is 5.75 Å². The molecule has 0 radical (unpaired) electrons. The maximum atomic E-state index is 13.0. The molecule has 1 fully saturated rings. The summed E-state index contributed by atoms with van der Waals surface area (Å²) in [5.74, 6) is 0.291. The largest absolute Gasteiger partial charge is 0.488 e. The molecule has 1 saturated heterocycles. The summed E-state index contributed by atoms with van der Waals surface area (Å²) in [5, 5.41) is 0.349. The van der Waals surface area contributed by atoms with Gasteiger partial charge in [0.1, 0.15) is 12.4 Å². The summed E-state index contributed by atoms with van der Waals surface area (Å²) in [6.45, 7) is 2.51. The summed E-state index contributed by atoms with van der Waals surface area (Å²) in [6, 6.07) is 20.8. The van der Waals surface area contributed by atoms with Gasteiger partial charge in [-0.25, -0.2) is 0 Å². The summed E-state index contributed by atoms with van der Waals surface area (Å²) >= 11 is 10.6. The van der Waals surface area contributed by atoms with Crippen molar-refractivity contribution in [3.05, 3.63) is 103 Å². The monoisotopic (exact) mass is 527 g/mol. The van der Waals surface area contributed by atoms with Gasteiger partial charge in [0, 0.05) is 20.6 Å². The van der Waals surface area contributed by atoms with Gasteiger partial charge in [-0.3, -0.25) is 14.5 Å². The molecule has 0 spiro atoms. The van der Waals surface area contributed by atoms with Crippen molar-refractivity contribution < 1.29 is 14.3 Å². The van der Waals surface area contributed by atoms with Gasteiger partial charge in [-0.1, -0.05) is 70.0 Å². The van der Waals surface area contributed by atoms with Gasteiger partial charge in [0.25, 0.3) is 11.1 Å². The zero-order chi connectivity index (χ0) is 22.7. The number of hydrogen-bond donors (Lipinski definition) is 0. The number of benzene rings is 3. The number of ether oxygens (including phenoxy) is 1. The van der Waals surface area contributed by atoms with Crippen molar-refractivity contribution in [1.82, 2.24) is 4.90 Å². The normalized spacial score (nSPS) is 15.0. The molecule has 4 nitrogen and oxygen atoms in total. The standard InChI is InChI=1S/C25H19BrClNO3S/c1-16-6-2-3-7-17(16)14-28-24(29)23(32-25(28)30)13-19-12-20(26)10-11-22(19)31-15-18-8-4-5-9-21(18)27/h2-13H,14-15H2,1H3/b23-13-. The SMILES string of the molecule is Cc1ccccc1CN1C(=O)S/C(=C\c2cc(Br)ccc2OCc2ccccc2Cl)C1=O. The maximum absolute atomic E-state index is 13.0. The van der Waals surface area contributed by atoms with Crippen molar-refractivity contribution in [1.29, 1.82) is 0 Å². The summed E-state index contributed by atoms with van der Waals surface area (Å²) < 4.78 is 6.84. The summed E-state index contributed by atoms with van der Waals surface area (Å²) in [5.41, 5.74) is 3.55. The van der Waals surface area contributed by atoms with Crippen LogP contribution < -0.4 is 4.74 Å². The third-order valence-corrected chi connectivity index (χ3v) is 6.83. The first kappa shape index (κ1) is 22.6. The molecule has 3 aromatic carbocycles. The van der Waals surface area contributed by atoms with Crippen LogP contribution >= 0.6 is 39.3 Å². The van der Waals surface area contributed by atoms with Gasteiger partial charge >= 0.3 is 0 Å². The highest BCUT2D eigenvalue weighted by atomic mass is 79.9. The van der Waals surface area contributed by atoms with Crippen LogP contribution in [-0.4, -0.2) is 16.0 Å². The molecule has 2 amide bonds. The van der Waals surface area contributed by atoms with E-state index in [0.29, 0.717) is 21.2 Å². The van der Waals surface area contributed by atoms with Gasteiger partial charge in [-0.05, 0) is 60.2 Å². The predicted octanol–water partition coefficient (Wildman–Crippen LogP) is 7.23. The molecule has 1 aliphatic rings. The maximum Gasteiger partial charge on any atom is 0.293 e. The number of hydrogen-bond acceptors (Lipinski definition) is 4. The first-order chi connectivity index (χ1) is 15.4. The fraction of sp³-hybridized carbons (Fsp3) is 0.120. The smallest absolute Gasteiger partial charge is 0.293 e. The van der Waals surface area contributed by atoms with E-state index < -0.39 is 0 Å². The fourth-order valence-electron chi connectivity index (χ4n) is 3.27. The summed E-state index contributed by atoms with van der Waals surface area (Å²) in [6.07, 6.45) is 1.70. The zero-order valence-corrected chi connectivity index (χ0v) is 20.3. The van der Waals surface area contributed by atoms with Crippen LogP contribution in [0.15, 0.2) is 76.1 Å². The Balaban J connectivity index is 1.57. The molecule has 1 heterocycles. The molecule has 0 atom stereocenters. The second-order valence-corrected chi connectivity index (χ2v) is 9.57. The Bertz CT molecular complexity index is 1230. The molecular formula is C25H19BrClNO3S. The van der Waals surface area contributed by atoms with Crippen molar-refractivity contribution in [2.24, 2.45) is 0 Å². The number of aryl methyl sites for hydroxylation is 1. The first-order valence-corrected chi connectivity index (χ1v) is 11.9. The topological polar surface area (TPSA) is 46.6 Å². The lowest BCUT2D eigenvalue weighted by molar-refractivity contribution is -0.123. The van der Waals surface area contributed by atoms with Gasteiger partial charge in [0.2, 0.25) is 0 Å². The summed E-state index contributed by atoms with van der Waals surface area (Å²) in [4.78, 5) is 27.2. The molecule has 32 heavy (non-hydrogen) atoms. The minimum absolute atomic E-state index is 0.253. The number of rotatable bonds is 6.